The van der Waals surface area contributed by atoms with Crippen LogP contribution in [0.5, 0.6) is 0 Å². The highest BCUT2D eigenvalue weighted by molar-refractivity contribution is 6.06. The summed E-state index contributed by atoms with van der Waals surface area (Å²) in [4.78, 5) is 34.6. The Kier molecular flexibility index (Phi) is 5.52. The number of amides is 2. The molecule has 0 bridgehead atoms. The Labute approximate surface area is 128 Å². The highest BCUT2D eigenvalue weighted by atomic mass is 16.4. The molecule has 0 heterocycles. The first-order chi connectivity index (χ1) is 10.6. The van der Waals surface area contributed by atoms with E-state index in [1.165, 1.54) is 24.6 Å². The molecule has 0 unspecified atom stereocenters. The van der Waals surface area contributed by atoms with Crippen molar-refractivity contribution in [3.63, 3.8) is 0 Å². The van der Waals surface area contributed by atoms with Gasteiger partial charge in [-0.3, -0.25) is 9.59 Å². The predicted molar refractivity (Wildman–Crippen MR) is 79.0 cm³/mol. The summed E-state index contributed by atoms with van der Waals surface area (Å²) in [6.07, 6.45) is 4.94. The van der Waals surface area contributed by atoms with Crippen LogP contribution in [0.2, 0.25) is 0 Å². The van der Waals surface area contributed by atoms with E-state index in [2.05, 4.69) is 10.6 Å². The largest absolute Gasteiger partial charge is 0.545 e. The molecule has 0 aliphatic heterocycles. The molecule has 1 aromatic carbocycles. The minimum Gasteiger partial charge on any atom is -0.545 e. The molecule has 0 atom stereocenters. The summed E-state index contributed by atoms with van der Waals surface area (Å²) in [6, 6.07) is 6.08. The molecule has 2 rings (SSSR count). The second-order valence-electron chi connectivity index (χ2n) is 5.46. The van der Waals surface area contributed by atoms with Crippen molar-refractivity contribution in [3.05, 3.63) is 29.8 Å². The van der Waals surface area contributed by atoms with Crippen LogP contribution in [-0.2, 0) is 9.59 Å². The van der Waals surface area contributed by atoms with Crippen molar-refractivity contribution < 1.29 is 19.5 Å². The van der Waals surface area contributed by atoms with Crippen molar-refractivity contribution in [1.82, 2.24) is 5.32 Å². The van der Waals surface area contributed by atoms with E-state index in [0.717, 1.165) is 25.7 Å². The van der Waals surface area contributed by atoms with Gasteiger partial charge in [-0.1, -0.05) is 37.5 Å². The first-order valence-corrected chi connectivity index (χ1v) is 7.46. The number of aromatic carboxylic acids is 1. The normalized spacial score (nSPS) is 15.1. The molecule has 6 heteroatoms. The van der Waals surface area contributed by atoms with Crippen LogP contribution in [0.15, 0.2) is 24.3 Å². The lowest BCUT2D eigenvalue weighted by atomic mass is 9.95. The minimum atomic E-state index is -1.37. The Morgan fingerprint density at radius 2 is 1.73 bits per heavy atom. The molecule has 6 nitrogen and oxygen atoms in total. The second kappa shape index (κ2) is 7.59. The number of anilines is 1. The molecule has 1 saturated carbocycles. The van der Waals surface area contributed by atoms with Crippen LogP contribution in [0, 0.1) is 0 Å². The number of carbonyl (C=O) groups excluding carboxylic acids is 3. The first-order valence-electron chi connectivity index (χ1n) is 7.46. The van der Waals surface area contributed by atoms with Gasteiger partial charge in [-0.05, 0) is 18.9 Å². The van der Waals surface area contributed by atoms with Crippen molar-refractivity contribution in [1.29, 1.82) is 0 Å². The lowest BCUT2D eigenvalue weighted by Gasteiger charge is -2.22. The monoisotopic (exact) mass is 303 g/mol. The molecule has 2 amide bonds. The van der Waals surface area contributed by atoms with Crippen molar-refractivity contribution >= 4 is 23.5 Å². The molecule has 1 aliphatic carbocycles. The van der Waals surface area contributed by atoms with Gasteiger partial charge in [0.05, 0.1) is 5.97 Å². The molecule has 0 spiro atoms. The molecule has 1 aliphatic rings. The third kappa shape index (κ3) is 4.58. The molecule has 118 valence electrons. The summed E-state index contributed by atoms with van der Waals surface area (Å²) in [5, 5.41) is 16.2. The van der Waals surface area contributed by atoms with Crippen molar-refractivity contribution in [2.24, 2.45) is 0 Å². The topological polar surface area (TPSA) is 98.3 Å². The zero-order chi connectivity index (χ0) is 15.9. The maximum atomic E-state index is 11.9. The van der Waals surface area contributed by atoms with E-state index < -0.39 is 11.9 Å². The van der Waals surface area contributed by atoms with Crippen molar-refractivity contribution in [2.45, 2.75) is 44.6 Å². The Bertz CT molecular complexity index is 565. The fraction of sp³-hybridized carbons (Fsp3) is 0.438. The van der Waals surface area contributed by atoms with Gasteiger partial charge in [0.15, 0.2) is 0 Å². The fourth-order valence-corrected chi connectivity index (χ4v) is 2.64. The number of carboxylic acids is 1. The second-order valence-corrected chi connectivity index (χ2v) is 5.46. The SMILES string of the molecule is O=C(CC(=O)NC1CCCCC1)Nc1ccccc1C(=O)[O-]. The molecular weight excluding hydrogens is 284 g/mol. The molecule has 1 aromatic rings. The molecule has 0 radical (unpaired) electrons. The Morgan fingerprint density at radius 1 is 1.05 bits per heavy atom. The van der Waals surface area contributed by atoms with Gasteiger partial charge in [0.25, 0.3) is 0 Å². The zero-order valence-electron chi connectivity index (χ0n) is 12.3. The van der Waals surface area contributed by atoms with E-state index in [-0.39, 0.29) is 29.6 Å². The van der Waals surface area contributed by atoms with Gasteiger partial charge in [0, 0.05) is 17.3 Å². The van der Waals surface area contributed by atoms with Gasteiger partial charge < -0.3 is 20.5 Å². The predicted octanol–water partition coefficient (Wildman–Crippen LogP) is 0.828. The van der Waals surface area contributed by atoms with Crippen LogP contribution < -0.4 is 15.7 Å². The van der Waals surface area contributed by atoms with Gasteiger partial charge in [-0.25, -0.2) is 0 Å². The Hall–Kier alpha value is -2.37. The van der Waals surface area contributed by atoms with E-state index in [0.29, 0.717) is 0 Å². The highest BCUT2D eigenvalue weighted by Gasteiger charge is 2.18. The van der Waals surface area contributed by atoms with Gasteiger partial charge >= 0.3 is 0 Å². The standard InChI is InChI=1S/C16H20N2O4/c19-14(17-11-6-2-1-3-7-11)10-15(20)18-13-9-5-4-8-12(13)16(21)22/h4-5,8-9,11H,1-3,6-7,10H2,(H,17,19)(H,18,20)(H,21,22)/p-1. The van der Waals surface area contributed by atoms with Crippen LogP contribution in [0.1, 0.15) is 48.9 Å². The van der Waals surface area contributed by atoms with Crippen LogP contribution in [0.4, 0.5) is 5.69 Å². The number of para-hydroxylation sites is 1. The van der Waals surface area contributed by atoms with Crippen molar-refractivity contribution in [3.8, 4) is 0 Å². The lowest BCUT2D eigenvalue weighted by molar-refractivity contribution is -0.254. The lowest BCUT2D eigenvalue weighted by Crippen LogP contribution is -2.38. The number of hydrogen-bond donors (Lipinski definition) is 2. The summed E-state index contributed by atoms with van der Waals surface area (Å²) in [6.45, 7) is 0. The number of nitrogens with one attached hydrogen (secondary N) is 2. The molecule has 22 heavy (non-hydrogen) atoms. The van der Waals surface area contributed by atoms with E-state index in [1.54, 1.807) is 6.07 Å². The van der Waals surface area contributed by atoms with E-state index >= 15 is 0 Å². The van der Waals surface area contributed by atoms with Gasteiger partial charge in [-0.2, -0.15) is 0 Å². The number of hydrogen-bond acceptors (Lipinski definition) is 4. The molecule has 2 N–H and O–H groups in total. The number of benzene rings is 1. The zero-order valence-corrected chi connectivity index (χ0v) is 12.3. The van der Waals surface area contributed by atoms with Gasteiger partial charge in [-0.15, -0.1) is 0 Å². The van der Waals surface area contributed by atoms with Crippen LogP contribution in [-0.4, -0.2) is 23.8 Å². The van der Waals surface area contributed by atoms with Gasteiger partial charge in [0.2, 0.25) is 11.8 Å². The van der Waals surface area contributed by atoms with E-state index in [1.807, 2.05) is 0 Å². The summed E-state index contributed by atoms with van der Waals surface area (Å²) < 4.78 is 0. The van der Waals surface area contributed by atoms with E-state index in [9.17, 15) is 19.5 Å². The molecule has 0 saturated heterocycles. The van der Waals surface area contributed by atoms with Crippen molar-refractivity contribution in [2.75, 3.05) is 5.32 Å². The number of rotatable bonds is 5. The quantitative estimate of drug-likeness (QED) is 0.787. The average molecular weight is 303 g/mol. The average Bonchev–Trinajstić information content (AvgIpc) is 2.48. The summed E-state index contributed by atoms with van der Waals surface area (Å²) in [7, 11) is 0. The summed E-state index contributed by atoms with van der Waals surface area (Å²) >= 11 is 0. The third-order valence-electron chi connectivity index (χ3n) is 3.71. The number of carboxylic acid groups (broad SMARTS) is 1. The molecular formula is C16H19N2O4-. The summed E-state index contributed by atoms with van der Waals surface area (Å²) in [5.41, 5.74) is 0.0292. The maximum absolute atomic E-state index is 11.9. The fourth-order valence-electron chi connectivity index (χ4n) is 2.64. The van der Waals surface area contributed by atoms with E-state index in [4.69, 9.17) is 0 Å². The molecule has 0 aromatic heterocycles. The van der Waals surface area contributed by atoms with Crippen LogP contribution in [0.25, 0.3) is 0 Å². The van der Waals surface area contributed by atoms with Gasteiger partial charge in [0.1, 0.15) is 6.42 Å². The minimum absolute atomic E-state index is 0.108. The third-order valence-corrected chi connectivity index (χ3v) is 3.71. The maximum Gasteiger partial charge on any atom is 0.233 e. The van der Waals surface area contributed by atoms with Crippen LogP contribution >= 0.6 is 0 Å². The Morgan fingerprint density at radius 3 is 2.41 bits per heavy atom. The first kappa shape index (κ1) is 16.0. The summed E-state index contributed by atoms with van der Waals surface area (Å²) in [5.74, 6) is -2.25. The van der Waals surface area contributed by atoms with Crippen LogP contribution in [0.3, 0.4) is 0 Å². The number of carbonyl (C=O) groups is 3. The smallest absolute Gasteiger partial charge is 0.233 e. The molecule has 1 fully saturated rings. The Balaban J connectivity index is 1.87. The highest BCUT2D eigenvalue weighted by Crippen LogP contribution is 2.17.